The van der Waals surface area contributed by atoms with Gasteiger partial charge in [-0.1, -0.05) is 140 Å². The van der Waals surface area contributed by atoms with Crippen LogP contribution in [0.1, 0.15) is 58.2 Å². The Morgan fingerprint density at radius 2 is 1.27 bits per heavy atom. The van der Waals surface area contributed by atoms with Gasteiger partial charge in [0.2, 0.25) is 0 Å². The van der Waals surface area contributed by atoms with Crippen LogP contribution in [0.3, 0.4) is 0 Å². The number of hydrogen-bond acceptors (Lipinski definition) is 3. The number of benzene rings is 6. The summed E-state index contributed by atoms with van der Waals surface area (Å²) >= 11 is 1.90. The molecule has 292 valence electrons. The highest BCUT2D eigenvalue weighted by Crippen LogP contribution is 2.45. The predicted molar refractivity (Wildman–Crippen MR) is 260 cm³/mol. The predicted octanol–water partition coefficient (Wildman–Crippen LogP) is 15.6. The maximum absolute atomic E-state index is 5.19. The van der Waals surface area contributed by atoms with Crippen LogP contribution in [0, 0.1) is 0 Å². The van der Waals surface area contributed by atoms with Crippen LogP contribution in [0.5, 0.6) is 0 Å². The molecule has 0 spiro atoms. The molecule has 4 aromatic heterocycles. The monoisotopic (exact) mass is 801 g/mol. The summed E-state index contributed by atoms with van der Waals surface area (Å²) in [5.41, 5.74) is 10.9. The molecule has 10 aromatic rings. The summed E-state index contributed by atoms with van der Waals surface area (Å²) in [5.74, 6) is 0.943. The number of rotatable bonds is 5. The van der Waals surface area contributed by atoms with Gasteiger partial charge in [0.1, 0.15) is 5.82 Å². The van der Waals surface area contributed by atoms with Crippen molar-refractivity contribution in [2.45, 2.75) is 78.1 Å². The second-order valence-corrected chi connectivity index (χ2v) is 26.3. The average Bonchev–Trinajstić information content (AvgIpc) is 3.75. The largest absolute Gasteiger partial charge is 0.294 e. The Kier molecular flexibility index (Phi) is 8.58. The molecule has 0 aliphatic carbocycles. The summed E-state index contributed by atoms with van der Waals surface area (Å²) in [6.45, 7) is 21.2. The third kappa shape index (κ3) is 6.47. The third-order valence-electron chi connectivity index (χ3n) is 12.1. The van der Waals surface area contributed by atoms with E-state index in [0.717, 1.165) is 28.1 Å². The molecule has 0 amide bonds. The van der Waals surface area contributed by atoms with Crippen LogP contribution in [-0.4, -0.2) is 22.6 Å². The van der Waals surface area contributed by atoms with Crippen LogP contribution >= 0.6 is 11.3 Å². The van der Waals surface area contributed by atoms with Gasteiger partial charge in [-0.25, -0.2) is 4.98 Å². The van der Waals surface area contributed by atoms with E-state index in [2.05, 4.69) is 187 Å². The maximum Gasteiger partial charge on any atom is 0.137 e. The Bertz CT molecular complexity index is 3310. The van der Waals surface area contributed by atoms with E-state index in [1.165, 1.54) is 86.4 Å². The van der Waals surface area contributed by atoms with Crippen molar-refractivity contribution in [3.05, 3.63) is 150 Å². The lowest BCUT2D eigenvalue weighted by atomic mass is 9.81. The topological polar surface area (TPSA) is 30.7 Å². The van der Waals surface area contributed by atoms with Crippen LogP contribution < -0.4 is 0 Å². The normalized spacial score (nSPS) is 12.9. The van der Waals surface area contributed by atoms with Crippen molar-refractivity contribution in [2.75, 3.05) is 0 Å². The fourth-order valence-corrected chi connectivity index (χ4v) is 12.0. The van der Waals surface area contributed by atoms with Crippen molar-refractivity contribution in [3.8, 4) is 28.2 Å². The summed E-state index contributed by atoms with van der Waals surface area (Å²) < 4.78 is 4.95. The molecule has 4 heterocycles. The highest BCUT2D eigenvalue weighted by molar-refractivity contribution is 7.27. The van der Waals surface area contributed by atoms with Crippen LogP contribution in [0.25, 0.3) is 91.7 Å². The number of para-hydroxylation sites is 1. The number of pyridine rings is 2. The quantitative estimate of drug-likeness (QED) is 0.162. The van der Waals surface area contributed by atoms with Gasteiger partial charge in [-0.05, 0) is 109 Å². The molecule has 0 atom stereocenters. The second-order valence-electron chi connectivity index (χ2n) is 19.8. The molecule has 0 radical (unpaired) electrons. The Balaban J connectivity index is 1.20. The van der Waals surface area contributed by atoms with Crippen LogP contribution in [0.15, 0.2) is 134 Å². The number of fused-ring (bicyclic) bond motifs is 9. The zero-order valence-electron chi connectivity index (χ0n) is 35.7. The molecule has 0 unspecified atom stereocenters. The average molecular weight is 802 g/mol. The van der Waals surface area contributed by atoms with Crippen LogP contribution in [0.4, 0.5) is 0 Å². The summed E-state index contributed by atoms with van der Waals surface area (Å²) in [6.07, 6.45) is 3.97. The van der Waals surface area contributed by atoms with E-state index in [1.807, 2.05) is 23.7 Å². The second kappa shape index (κ2) is 13.5. The lowest BCUT2D eigenvalue weighted by molar-refractivity contribution is 0.588. The number of thiophene rings is 1. The molecule has 0 saturated carbocycles. The summed E-state index contributed by atoms with van der Waals surface area (Å²) in [6, 6.07) is 46.9. The van der Waals surface area contributed by atoms with Gasteiger partial charge >= 0.3 is 0 Å². The van der Waals surface area contributed by atoms with Gasteiger partial charge in [-0.3, -0.25) is 9.55 Å². The van der Waals surface area contributed by atoms with E-state index in [-0.39, 0.29) is 10.8 Å². The van der Waals surface area contributed by atoms with Gasteiger partial charge in [0, 0.05) is 52.3 Å². The fourth-order valence-electron chi connectivity index (χ4n) is 9.24. The van der Waals surface area contributed by atoms with Gasteiger partial charge in [0.05, 0.1) is 21.4 Å². The van der Waals surface area contributed by atoms with Crippen LogP contribution in [0.2, 0.25) is 19.6 Å². The summed E-state index contributed by atoms with van der Waals surface area (Å²) in [7, 11) is -1.27. The van der Waals surface area contributed by atoms with Gasteiger partial charge < -0.3 is 0 Å². The van der Waals surface area contributed by atoms with E-state index in [9.17, 15) is 0 Å². The van der Waals surface area contributed by atoms with E-state index in [1.54, 1.807) is 0 Å². The van der Waals surface area contributed by atoms with Gasteiger partial charge in [0.15, 0.2) is 0 Å². The molecule has 0 aliphatic rings. The number of nitrogens with zero attached hydrogens (tertiary/aromatic N) is 3. The van der Waals surface area contributed by atoms with Gasteiger partial charge in [-0.2, -0.15) is 0 Å². The van der Waals surface area contributed by atoms with Crippen molar-refractivity contribution in [1.82, 2.24) is 14.5 Å². The standard InChI is InChI=1S/C54H51N3SSi/c1-53(2,3)37-23-25-55-49(31-37)57-47-16-11-10-13-40(47)41-21-20-35(30-48(41)57)38-14-12-15-39-45(38)28-36(29-46(39)54(4,5)6)50-52-43(24-26-56-50)42-22-19-34-18-17-33(32-59(7,8)9)27-44(34)51(42)58-52/h10-31H,32H2,1-9H3. The summed E-state index contributed by atoms with van der Waals surface area (Å²) in [5, 5.41) is 10.2. The van der Waals surface area contributed by atoms with Crippen LogP contribution in [-0.2, 0) is 16.9 Å². The molecule has 0 saturated heterocycles. The first-order chi connectivity index (χ1) is 28.1. The molecule has 0 bridgehead atoms. The molecule has 0 N–H and O–H groups in total. The van der Waals surface area contributed by atoms with Crippen molar-refractivity contribution in [1.29, 1.82) is 0 Å². The van der Waals surface area contributed by atoms with E-state index in [4.69, 9.17) is 9.97 Å². The van der Waals surface area contributed by atoms with Gasteiger partial charge in [-0.15, -0.1) is 11.3 Å². The Labute approximate surface area is 352 Å². The molecule has 3 nitrogen and oxygen atoms in total. The Hall–Kier alpha value is -5.62. The van der Waals surface area contributed by atoms with Crippen molar-refractivity contribution < 1.29 is 0 Å². The lowest BCUT2D eigenvalue weighted by Gasteiger charge is -2.24. The SMILES string of the molecule is CC(C)(C)c1ccnc(-n2c3ccccc3c3ccc(-c4cccc5c(C(C)(C)C)cc(-c6nccc7c6sc6c8cc(C[Si](C)(C)C)ccc8ccc76)cc45)cc32)c1. The molecule has 0 fully saturated rings. The maximum atomic E-state index is 5.19. The molecular formula is C54H51N3SSi. The Morgan fingerprint density at radius 1 is 0.542 bits per heavy atom. The molecule has 0 aliphatic heterocycles. The minimum absolute atomic E-state index is 0.00668. The van der Waals surface area contributed by atoms with E-state index < -0.39 is 8.07 Å². The lowest BCUT2D eigenvalue weighted by Crippen LogP contribution is -2.23. The highest BCUT2D eigenvalue weighted by atomic mass is 32.1. The molecule has 59 heavy (non-hydrogen) atoms. The van der Waals surface area contributed by atoms with Crippen molar-refractivity contribution in [3.63, 3.8) is 0 Å². The number of aromatic nitrogens is 3. The molecule has 6 aromatic carbocycles. The third-order valence-corrected chi connectivity index (χ3v) is 14.8. The highest BCUT2D eigenvalue weighted by Gasteiger charge is 2.24. The smallest absolute Gasteiger partial charge is 0.137 e. The fraction of sp³-hybridized carbons (Fsp3) is 0.222. The minimum atomic E-state index is -1.27. The zero-order chi connectivity index (χ0) is 41.0. The Morgan fingerprint density at radius 3 is 2.07 bits per heavy atom. The first-order valence-corrected chi connectivity index (χ1v) is 25.5. The van der Waals surface area contributed by atoms with Gasteiger partial charge in [0.25, 0.3) is 0 Å². The van der Waals surface area contributed by atoms with Crippen molar-refractivity contribution >= 4 is 82.9 Å². The molecular weight excluding hydrogens is 751 g/mol. The van der Waals surface area contributed by atoms with E-state index >= 15 is 0 Å². The molecule has 5 heteroatoms. The number of hydrogen-bond donors (Lipinski definition) is 0. The molecule has 10 rings (SSSR count). The zero-order valence-corrected chi connectivity index (χ0v) is 37.5. The first-order valence-electron chi connectivity index (χ1n) is 20.9. The first kappa shape index (κ1) is 37.6. The minimum Gasteiger partial charge on any atom is -0.294 e. The van der Waals surface area contributed by atoms with Crippen molar-refractivity contribution in [2.24, 2.45) is 0 Å². The van der Waals surface area contributed by atoms with E-state index in [0.29, 0.717) is 0 Å². The summed E-state index contributed by atoms with van der Waals surface area (Å²) in [4.78, 5) is 10.2.